The van der Waals surface area contributed by atoms with Gasteiger partial charge in [0.15, 0.2) is 0 Å². The molecule has 0 N–H and O–H groups in total. The highest BCUT2D eigenvalue weighted by atomic mass is 16.1. The van der Waals surface area contributed by atoms with E-state index in [0.29, 0.717) is 11.2 Å². The maximum absolute atomic E-state index is 11.2. The third-order valence-corrected chi connectivity index (χ3v) is 3.58. The molecule has 2 aliphatic rings. The number of hydrogen-bond donors (Lipinski definition) is 0. The lowest BCUT2D eigenvalue weighted by atomic mass is 9.84. The first kappa shape index (κ1) is 6.38. The van der Waals surface area contributed by atoms with Crippen LogP contribution in [0.5, 0.6) is 0 Å². The Labute approximate surface area is 61.8 Å². The van der Waals surface area contributed by atoms with Gasteiger partial charge in [0.25, 0.3) is 0 Å². The molecule has 1 nitrogen and oxygen atoms in total. The summed E-state index contributed by atoms with van der Waals surface area (Å²) in [7, 11) is 0. The van der Waals surface area contributed by atoms with Crippen molar-refractivity contribution in [2.24, 2.45) is 10.8 Å². The molecule has 0 aromatic rings. The van der Waals surface area contributed by atoms with Gasteiger partial charge in [-0.05, 0) is 38.0 Å². The van der Waals surface area contributed by atoms with Gasteiger partial charge in [0.1, 0.15) is 5.78 Å². The Kier molecular flexibility index (Phi) is 0.934. The van der Waals surface area contributed by atoms with Crippen molar-refractivity contribution in [1.82, 2.24) is 0 Å². The van der Waals surface area contributed by atoms with E-state index in [1.54, 1.807) is 6.92 Å². The summed E-state index contributed by atoms with van der Waals surface area (Å²) in [6, 6.07) is 0. The van der Waals surface area contributed by atoms with Crippen LogP contribution in [0.2, 0.25) is 0 Å². The Balaban J connectivity index is 2.22. The monoisotopic (exact) mass is 138 g/mol. The van der Waals surface area contributed by atoms with Crippen molar-refractivity contribution in [2.75, 3.05) is 0 Å². The van der Waals surface area contributed by atoms with Gasteiger partial charge >= 0.3 is 0 Å². The van der Waals surface area contributed by atoms with E-state index in [1.807, 2.05) is 0 Å². The molecule has 0 aromatic heterocycles. The lowest BCUT2D eigenvalue weighted by molar-refractivity contribution is -0.124. The smallest absolute Gasteiger partial charge is 0.136 e. The Morgan fingerprint density at radius 3 is 1.80 bits per heavy atom. The van der Waals surface area contributed by atoms with E-state index in [9.17, 15) is 4.79 Å². The Bertz CT molecular complexity index is 185. The summed E-state index contributed by atoms with van der Waals surface area (Å²) in [5.41, 5.74) is 0.589. The molecule has 56 valence electrons. The average Bonchev–Trinajstić information content (AvgIpc) is 2.55. The predicted molar refractivity (Wildman–Crippen MR) is 39.7 cm³/mol. The van der Waals surface area contributed by atoms with Crippen molar-refractivity contribution in [3.63, 3.8) is 0 Å². The molecular weight excluding hydrogens is 124 g/mol. The summed E-state index contributed by atoms with van der Waals surface area (Å²) in [5, 5.41) is 0. The number of carbonyl (C=O) groups is 1. The zero-order valence-corrected chi connectivity index (χ0v) is 6.74. The standard InChI is InChI=1S/C9H14O/c1-7(10)9(5-6-9)8(2)3-4-8/h3-6H2,1-2H3. The molecule has 2 rings (SSSR count). The Morgan fingerprint density at radius 2 is 1.70 bits per heavy atom. The van der Waals surface area contributed by atoms with Crippen LogP contribution in [0.25, 0.3) is 0 Å². The second-order valence-electron chi connectivity index (χ2n) is 4.20. The van der Waals surface area contributed by atoms with Crippen molar-refractivity contribution < 1.29 is 4.79 Å². The van der Waals surface area contributed by atoms with Crippen LogP contribution >= 0.6 is 0 Å². The number of carbonyl (C=O) groups excluding carboxylic acids is 1. The lowest BCUT2D eigenvalue weighted by Crippen LogP contribution is -2.22. The second kappa shape index (κ2) is 1.46. The molecule has 0 spiro atoms. The minimum atomic E-state index is 0.160. The molecule has 2 fully saturated rings. The van der Waals surface area contributed by atoms with Gasteiger partial charge < -0.3 is 0 Å². The molecule has 0 saturated heterocycles. The maximum Gasteiger partial charge on any atom is 0.136 e. The Hall–Kier alpha value is -0.330. The highest BCUT2D eigenvalue weighted by molar-refractivity contribution is 5.86. The summed E-state index contributed by atoms with van der Waals surface area (Å²) in [6.45, 7) is 4.03. The van der Waals surface area contributed by atoms with Gasteiger partial charge in [0.05, 0.1) is 0 Å². The van der Waals surface area contributed by atoms with Gasteiger partial charge in [-0.2, -0.15) is 0 Å². The summed E-state index contributed by atoms with van der Waals surface area (Å²) < 4.78 is 0. The molecule has 0 bridgehead atoms. The lowest BCUT2D eigenvalue weighted by Gasteiger charge is -2.18. The predicted octanol–water partition coefficient (Wildman–Crippen LogP) is 2.16. The normalized spacial score (nSPS) is 31.4. The molecular formula is C9H14O. The summed E-state index contributed by atoms with van der Waals surface area (Å²) >= 11 is 0. The zero-order valence-electron chi connectivity index (χ0n) is 6.74. The fourth-order valence-electron chi connectivity index (χ4n) is 2.17. The molecule has 2 saturated carbocycles. The van der Waals surface area contributed by atoms with E-state index >= 15 is 0 Å². The van der Waals surface area contributed by atoms with Crippen molar-refractivity contribution in [3.8, 4) is 0 Å². The highest BCUT2D eigenvalue weighted by Gasteiger charge is 2.65. The summed E-state index contributed by atoms with van der Waals surface area (Å²) in [5.74, 6) is 0.438. The van der Waals surface area contributed by atoms with Crippen LogP contribution in [0.15, 0.2) is 0 Å². The van der Waals surface area contributed by atoms with E-state index in [1.165, 1.54) is 25.7 Å². The van der Waals surface area contributed by atoms with E-state index in [2.05, 4.69) is 6.92 Å². The first-order valence-electron chi connectivity index (χ1n) is 4.12. The van der Waals surface area contributed by atoms with E-state index in [0.717, 1.165) is 0 Å². The molecule has 0 amide bonds. The molecule has 10 heavy (non-hydrogen) atoms. The van der Waals surface area contributed by atoms with Crippen LogP contribution in [0.1, 0.15) is 39.5 Å². The van der Waals surface area contributed by atoms with Crippen molar-refractivity contribution >= 4 is 5.78 Å². The van der Waals surface area contributed by atoms with Crippen LogP contribution in [0.3, 0.4) is 0 Å². The number of hydrogen-bond acceptors (Lipinski definition) is 1. The molecule has 0 aromatic carbocycles. The topological polar surface area (TPSA) is 17.1 Å². The van der Waals surface area contributed by atoms with Crippen molar-refractivity contribution in [2.45, 2.75) is 39.5 Å². The van der Waals surface area contributed by atoms with Crippen LogP contribution in [0.4, 0.5) is 0 Å². The summed E-state index contributed by atoms with van der Waals surface area (Å²) in [6.07, 6.45) is 4.90. The summed E-state index contributed by atoms with van der Waals surface area (Å²) in [4.78, 5) is 11.2. The first-order valence-corrected chi connectivity index (χ1v) is 4.12. The maximum atomic E-state index is 11.2. The largest absolute Gasteiger partial charge is 0.299 e. The van der Waals surface area contributed by atoms with Crippen molar-refractivity contribution in [1.29, 1.82) is 0 Å². The molecule has 0 atom stereocenters. The highest BCUT2D eigenvalue weighted by Crippen LogP contribution is 2.70. The molecule has 1 heteroatoms. The van der Waals surface area contributed by atoms with E-state index in [-0.39, 0.29) is 5.41 Å². The first-order chi connectivity index (χ1) is 4.61. The third kappa shape index (κ3) is 0.561. The van der Waals surface area contributed by atoms with E-state index < -0.39 is 0 Å². The average molecular weight is 138 g/mol. The zero-order chi connectivity index (χ0) is 7.41. The van der Waals surface area contributed by atoms with Crippen LogP contribution in [0, 0.1) is 10.8 Å². The van der Waals surface area contributed by atoms with Crippen LogP contribution in [-0.2, 0) is 4.79 Å². The fourth-order valence-corrected chi connectivity index (χ4v) is 2.17. The minimum absolute atomic E-state index is 0.160. The van der Waals surface area contributed by atoms with Gasteiger partial charge in [-0.15, -0.1) is 0 Å². The van der Waals surface area contributed by atoms with Crippen LogP contribution < -0.4 is 0 Å². The van der Waals surface area contributed by atoms with Gasteiger partial charge in [-0.25, -0.2) is 0 Å². The SMILES string of the molecule is CC(=O)C1(C2(C)CC2)CC1. The molecule has 0 radical (unpaired) electrons. The van der Waals surface area contributed by atoms with Crippen LogP contribution in [-0.4, -0.2) is 5.78 Å². The van der Waals surface area contributed by atoms with Gasteiger partial charge in [-0.3, -0.25) is 4.79 Å². The quantitative estimate of drug-likeness (QED) is 0.571. The van der Waals surface area contributed by atoms with Gasteiger partial charge in [0, 0.05) is 5.41 Å². The number of rotatable bonds is 2. The fraction of sp³-hybridized carbons (Fsp3) is 0.889. The van der Waals surface area contributed by atoms with Gasteiger partial charge in [0.2, 0.25) is 0 Å². The molecule has 0 heterocycles. The third-order valence-electron chi connectivity index (χ3n) is 3.58. The Morgan fingerprint density at radius 1 is 1.20 bits per heavy atom. The molecule has 2 aliphatic carbocycles. The second-order valence-corrected chi connectivity index (χ2v) is 4.20. The molecule has 0 unspecified atom stereocenters. The number of ketones is 1. The van der Waals surface area contributed by atoms with Gasteiger partial charge in [-0.1, -0.05) is 6.92 Å². The minimum Gasteiger partial charge on any atom is -0.299 e. The molecule has 0 aliphatic heterocycles. The number of Topliss-reactive ketones (excluding diaryl/α,β-unsaturated/α-hetero) is 1. The van der Waals surface area contributed by atoms with Crippen molar-refractivity contribution in [3.05, 3.63) is 0 Å². The van der Waals surface area contributed by atoms with E-state index in [4.69, 9.17) is 0 Å².